The summed E-state index contributed by atoms with van der Waals surface area (Å²) in [6.07, 6.45) is 3.60. The van der Waals surface area contributed by atoms with Gasteiger partial charge in [-0.3, -0.25) is 4.68 Å². The third-order valence-electron chi connectivity index (χ3n) is 4.78. The smallest absolute Gasteiger partial charge is 0.340 e. The number of thiophene rings is 1. The number of nitrogens with one attached hydrogen (secondary N) is 2. The van der Waals surface area contributed by atoms with Gasteiger partial charge in [0.1, 0.15) is 5.00 Å². The molecule has 0 aliphatic carbocycles. The average molecular weight is 463 g/mol. The van der Waals surface area contributed by atoms with Crippen LogP contribution in [0.1, 0.15) is 21.5 Å². The first kappa shape index (κ1) is 21.7. The number of ether oxygens (including phenoxy) is 1. The van der Waals surface area contributed by atoms with E-state index in [-0.39, 0.29) is 0 Å². The van der Waals surface area contributed by atoms with Gasteiger partial charge in [0.2, 0.25) is 0 Å². The summed E-state index contributed by atoms with van der Waals surface area (Å²) in [4.78, 5) is 13.2. The van der Waals surface area contributed by atoms with Crippen LogP contribution in [0, 0.1) is 6.92 Å². The van der Waals surface area contributed by atoms with Crippen LogP contribution in [0.25, 0.3) is 10.4 Å². The Hall–Kier alpha value is -3.49. The van der Waals surface area contributed by atoms with Crippen LogP contribution in [0.15, 0.2) is 73.1 Å². The fourth-order valence-corrected chi connectivity index (χ4v) is 4.49. The molecule has 4 rings (SSSR count). The number of anilines is 2. The fourth-order valence-electron chi connectivity index (χ4n) is 3.15. The Labute approximate surface area is 195 Å². The van der Waals surface area contributed by atoms with Gasteiger partial charge in [0.25, 0.3) is 0 Å². The van der Waals surface area contributed by atoms with E-state index in [1.807, 2.05) is 47.3 Å². The van der Waals surface area contributed by atoms with Gasteiger partial charge in [0.05, 0.1) is 31.1 Å². The second-order valence-corrected chi connectivity index (χ2v) is 8.66. The summed E-state index contributed by atoms with van der Waals surface area (Å²) in [5.41, 5.74) is 4.61. The molecule has 8 heteroatoms. The molecular weight excluding hydrogens is 440 g/mol. The van der Waals surface area contributed by atoms with Gasteiger partial charge in [-0.15, -0.1) is 11.3 Å². The number of methoxy groups -OCH3 is 1. The number of carbonyl (C=O) groups excluding carboxylic acids is 1. The van der Waals surface area contributed by atoms with Crippen LogP contribution < -0.4 is 10.6 Å². The number of hydrogen-bond acceptors (Lipinski definition) is 5. The topological polar surface area (TPSA) is 68.2 Å². The molecular formula is C24H22N4O2S2. The molecule has 2 N–H and O–H groups in total. The van der Waals surface area contributed by atoms with Gasteiger partial charge >= 0.3 is 5.97 Å². The van der Waals surface area contributed by atoms with Crippen molar-refractivity contribution in [2.45, 2.75) is 13.5 Å². The van der Waals surface area contributed by atoms with Crippen LogP contribution in [0.5, 0.6) is 0 Å². The van der Waals surface area contributed by atoms with Crippen molar-refractivity contribution in [2.24, 2.45) is 0 Å². The number of nitrogens with zero attached hydrogens (tertiary/aromatic N) is 2. The van der Waals surface area contributed by atoms with Crippen molar-refractivity contribution in [2.75, 3.05) is 17.7 Å². The van der Waals surface area contributed by atoms with Crippen LogP contribution in [-0.2, 0) is 11.3 Å². The molecule has 0 spiro atoms. The Morgan fingerprint density at radius 3 is 2.59 bits per heavy atom. The molecule has 0 saturated carbocycles. The average Bonchev–Trinajstić information content (AvgIpc) is 3.42. The second-order valence-electron chi connectivity index (χ2n) is 7.20. The maximum atomic E-state index is 12.3. The minimum Gasteiger partial charge on any atom is -0.465 e. The van der Waals surface area contributed by atoms with Crippen molar-refractivity contribution < 1.29 is 9.53 Å². The van der Waals surface area contributed by atoms with Crippen LogP contribution in [0.4, 0.5) is 10.7 Å². The lowest BCUT2D eigenvalue weighted by Gasteiger charge is -2.08. The molecule has 32 heavy (non-hydrogen) atoms. The highest BCUT2D eigenvalue weighted by molar-refractivity contribution is 7.80. The zero-order valence-corrected chi connectivity index (χ0v) is 19.3. The lowest BCUT2D eigenvalue weighted by molar-refractivity contribution is 0.0602. The standard InChI is InChI=1S/C24H22N4O2S2/c1-16-8-10-17(11-9-16)14-28-15-19(13-25-28)26-24(31)27-22-20(23(29)30-2)12-21(32-22)18-6-4-3-5-7-18/h3-13,15H,14H2,1-2H3,(H2,26,27,31). The third-order valence-corrected chi connectivity index (χ3v) is 6.08. The predicted molar refractivity (Wildman–Crippen MR) is 133 cm³/mol. The number of hydrogen-bond donors (Lipinski definition) is 2. The molecule has 0 amide bonds. The van der Waals surface area contributed by atoms with E-state index in [0.717, 1.165) is 16.1 Å². The first-order valence-electron chi connectivity index (χ1n) is 9.95. The van der Waals surface area contributed by atoms with E-state index in [1.165, 1.54) is 29.6 Å². The van der Waals surface area contributed by atoms with E-state index < -0.39 is 5.97 Å². The van der Waals surface area contributed by atoms with Gasteiger partial charge in [0.15, 0.2) is 5.11 Å². The van der Waals surface area contributed by atoms with E-state index in [2.05, 4.69) is 46.9 Å². The molecule has 0 aliphatic heterocycles. The summed E-state index contributed by atoms with van der Waals surface area (Å²) >= 11 is 6.92. The third kappa shape index (κ3) is 5.22. The molecule has 0 unspecified atom stereocenters. The maximum absolute atomic E-state index is 12.3. The molecule has 2 aromatic heterocycles. The summed E-state index contributed by atoms with van der Waals surface area (Å²) in [6.45, 7) is 2.73. The SMILES string of the molecule is COC(=O)c1cc(-c2ccccc2)sc1NC(=S)Nc1cnn(Cc2ccc(C)cc2)c1. The quantitative estimate of drug-likeness (QED) is 0.289. The molecule has 0 saturated heterocycles. The highest BCUT2D eigenvalue weighted by Crippen LogP contribution is 2.36. The van der Waals surface area contributed by atoms with Crippen LogP contribution in [0.3, 0.4) is 0 Å². The number of thiocarbonyl (C=S) groups is 1. The van der Waals surface area contributed by atoms with Gasteiger partial charge in [-0.25, -0.2) is 4.79 Å². The normalized spacial score (nSPS) is 10.6. The first-order valence-corrected chi connectivity index (χ1v) is 11.2. The Bertz CT molecular complexity index is 1230. The van der Waals surface area contributed by atoms with E-state index in [0.29, 0.717) is 22.2 Å². The minimum absolute atomic E-state index is 0.367. The summed E-state index contributed by atoms with van der Waals surface area (Å²) < 4.78 is 6.79. The Balaban J connectivity index is 1.46. The fraction of sp³-hybridized carbons (Fsp3) is 0.125. The van der Waals surface area contributed by atoms with Crippen LogP contribution in [-0.4, -0.2) is 28.0 Å². The molecule has 0 radical (unpaired) electrons. The van der Waals surface area contributed by atoms with E-state index in [1.54, 1.807) is 6.20 Å². The summed E-state index contributed by atoms with van der Waals surface area (Å²) in [7, 11) is 1.37. The second kappa shape index (κ2) is 9.76. The summed E-state index contributed by atoms with van der Waals surface area (Å²) in [5, 5.41) is 11.6. The lowest BCUT2D eigenvalue weighted by atomic mass is 10.1. The van der Waals surface area contributed by atoms with Crippen LogP contribution in [0.2, 0.25) is 0 Å². The van der Waals surface area contributed by atoms with E-state index in [9.17, 15) is 4.79 Å². The zero-order chi connectivity index (χ0) is 22.5. The number of benzene rings is 2. The van der Waals surface area contributed by atoms with Crippen molar-refractivity contribution >= 4 is 45.3 Å². The van der Waals surface area contributed by atoms with Gasteiger partial charge in [-0.2, -0.15) is 5.10 Å². The molecule has 0 fully saturated rings. The molecule has 4 aromatic rings. The molecule has 2 aromatic carbocycles. The number of rotatable bonds is 6. The monoisotopic (exact) mass is 462 g/mol. The van der Waals surface area contributed by atoms with Gasteiger partial charge in [-0.05, 0) is 36.3 Å². The Morgan fingerprint density at radius 1 is 1.12 bits per heavy atom. The molecule has 0 bridgehead atoms. The number of aryl methyl sites for hydroxylation is 1. The van der Waals surface area contributed by atoms with E-state index in [4.69, 9.17) is 17.0 Å². The Morgan fingerprint density at radius 2 is 1.88 bits per heavy atom. The predicted octanol–water partition coefficient (Wildman–Crippen LogP) is 5.56. The summed E-state index contributed by atoms with van der Waals surface area (Å²) in [6, 6.07) is 20.0. The lowest BCUT2D eigenvalue weighted by Crippen LogP contribution is -2.19. The van der Waals surface area contributed by atoms with Crippen molar-refractivity contribution in [1.82, 2.24) is 9.78 Å². The van der Waals surface area contributed by atoms with Gasteiger partial charge in [-0.1, -0.05) is 60.2 Å². The van der Waals surface area contributed by atoms with Gasteiger partial charge < -0.3 is 15.4 Å². The number of carbonyl (C=O) groups is 1. The molecule has 6 nitrogen and oxygen atoms in total. The largest absolute Gasteiger partial charge is 0.465 e. The van der Waals surface area contributed by atoms with Crippen molar-refractivity contribution in [3.63, 3.8) is 0 Å². The van der Waals surface area contributed by atoms with Crippen LogP contribution >= 0.6 is 23.6 Å². The number of esters is 1. The highest BCUT2D eigenvalue weighted by atomic mass is 32.1. The van der Waals surface area contributed by atoms with E-state index >= 15 is 0 Å². The first-order chi connectivity index (χ1) is 15.5. The molecule has 0 atom stereocenters. The minimum atomic E-state index is -0.417. The zero-order valence-electron chi connectivity index (χ0n) is 17.7. The molecule has 0 aliphatic rings. The number of aromatic nitrogens is 2. The van der Waals surface area contributed by atoms with Gasteiger partial charge in [0, 0.05) is 11.1 Å². The maximum Gasteiger partial charge on any atom is 0.340 e. The van der Waals surface area contributed by atoms with Crippen molar-refractivity contribution in [3.05, 3.63) is 89.7 Å². The van der Waals surface area contributed by atoms with Crippen molar-refractivity contribution in [1.29, 1.82) is 0 Å². The molecule has 2 heterocycles. The Kier molecular flexibility index (Phi) is 6.63. The highest BCUT2D eigenvalue weighted by Gasteiger charge is 2.18. The summed E-state index contributed by atoms with van der Waals surface area (Å²) in [5.74, 6) is -0.417. The van der Waals surface area contributed by atoms with Crippen molar-refractivity contribution in [3.8, 4) is 10.4 Å². The molecule has 162 valence electrons.